The van der Waals surface area contributed by atoms with E-state index in [2.05, 4.69) is 6.92 Å². The molecule has 2 saturated heterocycles. The van der Waals surface area contributed by atoms with Crippen molar-refractivity contribution in [1.82, 2.24) is 0 Å². The smallest absolute Gasteiger partial charge is 0.139 e. The summed E-state index contributed by atoms with van der Waals surface area (Å²) in [5.74, 6) is 1.40. The third kappa shape index (κ3) is 1.41. The van der Waals surface area contributed by atoms with Gasteiger partial charge in [0.05, 0.1) is 12.2 Å². The van der Waals surface area contributed by atoms with Crippen molar-refractivity contribution in [1.29, 1.82) is 0 Å². The number of epoxide rings is 2. The Morgan fingerprint density at radius 2 is 2.00 bits per heavy atom. The molecule has 5 unspecified atom stereocenters. The van der Waals surface area contributed by atoms with E-state index >= 15 is 0 Å². The number of carbonyl (C=O) groups excluding carboxylic acids is 2. The molecule has 5 nitrogen and oxygen atoms in total. The minimum atomic E-state index is -0.396. The van der Waals surface area contributed by atoms with E-state index in [4.69, 9.17) is 9.47 Å². The Labute approximate surface area is 147 Å². The van der Waals surface area contributed by atoms with Crippen LogP contribution in [0.25, 0.3) is 0 Å². The molecule has 0 aromatic heterocycles. The average molecular weight is 346 g/mol. The molecule has 136 valence electrons. The van der Waals surface area contributed by atoms with Gasteiger partial charge < -0.3 is 14.6 Å². The van der Waals surface area contributed by atoms with E-state index in [1.165, 1.54) is 0 Å². The Hall–Kier alpha value is -0.780. The topological polar surface area (TPSA) is 79.4 Å². The second-order valence-electron chi connectivity index (χ2n) is 9.70. The summed E-state index contributed by atoms with van der Waals surface area (Å²) in [6, 6.07) is 0. The van der Waals surface area contributed by atoms with Gasteiger partial charge in [0.1, 0.15) is 22.8 Å². The maximum Gasteiger partial charge on any atom is 0.139 e. The zero-order valence-corrected chi connectivity index (χ0v) is 14.8. The van der Waals surface area contributed by atoms with Crippen LogP contribution in [0.4, 0.5) is 0 Å². The highest BCUT2D eigenvalue weighted by atomic mass is 16.6. The summed E-state index contributed by atoms with van der Waals surface area (Å²) in [6.07, 6.45) is 6.10. The first kappa shape index (κ1) is 15.3. The van der Waals surface area contributed by atoms with E-state index in [-0.39, 0.29) is 35.2 Å². The van der Waals surface area contributed by atoms with Crippen molar-refractivity contribution in [2.45, 2.75) is 81.7 Å². The quantitative estimate of drug-likeness (QED) is 0.771. The summed E-state index contributed by atoms with van der Waals surface area (Å²) < 4.78 is 12.8. The van der Waals surface area contributed by atoms with Crippen molar-refractivity contribution < 1.29 is 24.2 Å². The summed E-state index contributed by atoms with van der Waals surface area (Å²) in [4.78, 5) is 24.8. The molecule has 4 saturated carbocycles. The number of hydrogen-bond donors (Lipinski definition) is 1. The van der Waals surface area contributed by atoms with Gasteiger partial charge in [-0.1, -0.05) is 6.92 Å². The first-order valence-electron chi connectivity index (χ1n) is 9.95. The van der Waals surface area contributed by atoms with Crippen molar-refractivity contribution in [3.63, 3.8) is 0 Å². The molecule has 0 radical (unpaired) electrons. The molecule has 5 heteroatoms. The minimum Gasteiger partial charge on any atom is -0.396 e. The molecule has 25 heavy (non-hydrogen) atoms. The Balaban J connectivity index is 1.49. The number of ether oxygens (including phenoxy) is 2. The van der Waals surface area contributed by atoms with E-state index in [1.54, 1.807) is 0 Å². The molecule has 0 amide bonds. The van der Waals surface area contributed by atoms with Gasteiger partial charge in [0.2, 0.25) is 0 Å². The SMILES string of the molecule is C[C@]12CC3OC34[C@@H](CC3OC35CC(=O)CCC54CCO)[C@@H]1CCC2=O. The van der Waals surface area contributed by atoms with Crippen LogP contribution in [0.2, 0.25) is 0 Å². The number of carbonyl (C=O) groups is 2. The van der Waals surface area contributed by atoms with E-state index in [0.717, 1.165) is 25.7 Å². The lowest BCUT2D eigenvalue weighted by Gasteiger charge is -2.56. The molecule has 0 bridgehead atoms. The van der Waals surface area contributed by atoms with Crippen LogP contribution in [-0.4, -0.2) is 46.7 Å². The van der Waals surface area contributed by atoms with Crippen LogP contribution >= 0.6 is 0 Å². The summed E-state index contributed by atoms with van der Waals surface area (Å²) in [7, 11) is 0. The van der Waals surface area contributed by atoms with Gasteiger partial charge in [-0.15, -0.1) is 0 Å². The molecule has 6 rings (SSSR count). The highest BCUT2D eigenvalue weighted by molar-refractivity contribution is 5.87. The van der Waals surface area contributed by atoms with E-state index < -0.39 is 5.60 Å². The number of aliphatic hydroxyl groups excluding tert-OH is 1. The molecule has 0 aromatic rings. The molecule has 2 heterocycles. The lowest BCUT2D eigenvalue weighted by atomic mass is 9.43. The van der Waals surface area contributed by atoms with E-state index in [1.807, 2.05) is 0 Å². The second kappa shape index (κ2) is 4.20. The highest BCUT2D eigenvalue weighted by Gasteiger charge is 2.89. The molecule has 0 aromatic carbocycles. The van der Waals surface area contributed by atoms with Crippen molar-refractivity contribution >= 4 is 11.6 Å². The monoisotopic (exact) mass is 346 g/mol. The molecule has 2 aliphatic heterocycles. The molecule has 1 N–H and O–H groups in total. The fourth-order valence-corrected chi connectivity index (χ4v) is 8.16. The Bertz CT molecular complexity index is 704. The lowest BCUT2D eigenvalue weighted by molar-refractivity contribution is -0.141. The van der Waals surface area contributed by atoms with Crippen molar-refractivity contribution in [3.05, 3.63) is 0 Å². The molecule has 4 aliphatic carbocycles. The first-order valence-corrected chi connectivity index (χ1v) is 9.95. The number of fused-ring (bicyclic) bond motifs is 2. The van der Waals surface area contributed by atoms with E-state index in [9.17, 15) is 14.7 Å². The molecule has 6 aliphatic rings. The summed E-state index contributed by atoms with van der Waals surface area (Å²) >= 11 is 0. The number of rotatable bonds is 2. The predicted molar refractivity (Wildman–Crippen MR) is 86.8 cm³/mol. The van der Waals surface area contributed by atoms with E-state index in [0.29, 0.717) is 49.1 Å². The Kier molecular flexibility index (Phi) is 2.57. The molecule has 8 atom stereocenters. The van der Waals surface area contributed by atoms with Gasteiger partial charge >= 0.3 is 0 Å². The zero-order valence-electron chi connectivity index (χ0n) is 14.8. The maximum atomic E-state index is 12.6. The third-order valence-electron chi connectivity index (χ3n) is 9.21. The normalized spacial score (nSPS) is 60.9. The third-order valence-corrected chi connectivity index (χ3v) is 9.21. The number of Topliss-reactive ketones (excluding diaryl/α,β-unsaturated/α-hetero) is 2. The Morgan fingerprint density at radius 3 is 2.80 bits per heavy atom. The zero-order chi connectivity index (χ0) is 17.2. The van der Waals surface area contributed by atoms with Gasteiger partial charge in [0, 0.05) is 36.7 Å². The van der Waals surface area contributed by atoms with Crippen LogP contribution in [0.1, 0.15) is 58.3 Å². The standard InChI is InChI=1S/C20H26O5/c1-17-10-16-20(25-16)13(12(17)2-3-14(17)23)8-15-19(24-15)9-11(22)4-5-18(19,20)6-7-21/h12-13,15-16,21H,2-10H2,1H3/t12-,13-,15?,16?,17-,18?,19?,20?/m0/s1. The van der Waals surface area contributed by atoms with Gasteiger partial charge in [-0.05, 0) is 43.9 Å². The summed E-state index contributed by atoms with van der Waals surface area (Å²) in [5, 5.41) is 9.90. The molecular weight excluding hydrogens is 320 g/mol. The van der Waals surface area contributed by atoms with Gasteiger partial charge in [-0.2, -0.15) is 0 Å². The molecule has 6 fully saturated rings. The lowest BCUT2D eigenvalue weighted by Crippen LogP contribution is -2.65. The predicted octanol–water partition coefficient (Wildman–Crippen LogP) is 1.79. The van der Waals surface area contributed by atoms with Crippen molar-refractivity contribution in [2.75, 3.05) is 6.61 Å². The maximum absolute atomic E-state index is 12.6. The van der Waals surface area contributed by atoms with Crippen LogP contribution in [0, 0.1) is 22.7 Å². The largest absolute Gasteiger partial charge is 0.396 e. The summed E-state index contributed by atoms with van der Waals surface area (Å²) in [6.45, 7) is 2.26. The van der Waals surface area contributed by atoms with Crippen LogP contribution in [0.15, 0.2) is 0 Å². The van der Waals surface area contributed by atoms with Gasteiger partial charge in [0.15, 0.2) is 0 Å². The first-order chi connectivity index (χ1) is 11.9. The molecule has 2 spiro atoms. The van der Waals surface area contributed by atoms with Gasteiger partial charge in [-0.25, -0.2) is 0 Å². The van der Waals surface area contributed by atoms with Crippen LogP contribution < -0.4 is 0 Å². The number of hydrogen-bond acceptors (Lipinski definition) is 5. The molecular formula is C20H26O5. The van der Waals surface area contributed by atoms with Crippen molar-refractivity contribution in [2.24, 2.45) is 22.7 Å². The number of ketones is 2. The average Bonchev–Trinajstić information content (AvgIpc) is 3.43. The van der Waals surface area contributed by atoms with Crippen LogP contribution in [0.3, 0.4) is 0 Å². The second-order valence-corrected chi connectivity index (χ2v) is 9.70. The fourth-order valence-electron chi connectivity index (χ4n) is 8.16. The Morgan fingerprint density at radius 1 is 1.16 bits per heavy atom. The number of aliphatic hydroxyl groups is 1. The van der Waals surface area contributed by atoms with Gasteiger partial charge in [-0.3, -0.25) is 9.59 Å². The fraction of sp³-hybridized carbons (Fsp3) is 0.900. The highest BCUT2D eigenvalue weighted by Crippen LogP contribution is 2.81. The van der Waals surface area contributed by atoms with Gasteiger partial charge in [0.25, 0.3) is 0 Å². The minimum absolute atomic E-state index is 0.0996. The van der Waals surface area contributed by atoms with Crippen LogP contribution in [0.5, 0.6) is 0 Å². The van der Waals surface area contributed by atoms with Crippen LogP contribution in [-0.2, 0) is 19.1 Å². The summed E-state index contributed by atoms with van der Waals surface area (Å²) in [5.41, 5.74) is -1.14. The van der Waals surface area contributed by atoms with Crippen molar-refractivity contribution in [3.8, 4) is 0 Å².